The summed E-state index contributed by atoms with van der Waals surface area (Å²) in [5.41, 5.74) is 2.60. The predicted octanol–water partition coefficient (Wildman–Crippen LogP) is 1.77. The van der Waals surface area contributed by atoms with Crippen molar-refractivity contribution in [3.63, 3.8) is 0 Å². The van der Waals surface area contributed by atoms with Crippen LogP contribution < -0.4 is 10.6 Å². The fourth-order valence-corrected chi connectivity index (χ4v) is 3.71. The number of guanidine groups is 1. The highest BCUT2D eigenvalue weighted by molar-refractivity contribution is 5.79. The van der Waals surface area contributed by atoms with Crippen LogP contribution in [-0.2, 0) is 27.3 Å². The second-order valence-corrected chi connectivity index (χ2v) is 7.80. The first-order valence-corrected chi connectivity index (χ1v) is 10.8. The van der Waals surface area contributed by atoms with Crippen LogP contribution in [-0.4, -0.2) is 76.2 Å². The standard InChI is InChI=1S/C22H36N4O3/c1-18-15-26(9-12-28-18)16-20-6-3-5-19(13-20)14-25-22(23-2)24-8-4-10-29-21-7-11-27-17-21/h3,5-6,13,18,21H,4,7-12,14-17H2,1-2H3,(H2,23,24,25). The molecular weight excluding hydrogens is 368 g/mol. The fraction of sp³-hybridized carbons (Fsp3) is 0.682. The smallest absolute Gasteiger partial charge is 0.191 e. The van der Waals surface area contributed by atoms with Gasteiger partial charge in [0.05, 0.1) is 25.4 Å². The van der Waals surface area contributed by atoms with Crippen LogP contribution in [0.25, 0.3) is 0 Å². The summed E-state index contributed by atoms with van der Waals surface area (Å²) in [7, 11) is 1.80. The molecule has 2 aliphatic rings. The third kappa shape index (κ3) is 7.93. The van der Waals surface area contributed by atoms with Gasteiger partial charge in [-0.05, 0) is 30.9 Å². The molecule has 7 nitrogen and oxygen atoms in total. The molecule has 0 spiro atoms. The average Bonchev–Trinajstić information content (AvgIpc) is 3.24. The summed E-state index contributed by atoms with van der Waals surface area (Å²) in [4.78, 5) is 6.77. The number of rotatable bonds is 9. The lowest BCUT2D eigenvalue weighted by Crippen LogP contribution is -2.40. The van der Waals surface area contributed by atoms with Crippen molar-refractivity contribution in [3.8, 4) is 0 Å². The number of morpholine rings is 1. The molecule has 0 aliphatic carbocycles. The maximum absolute atomic E-state index is 5.79. The van der Waals surface area contributed by atoms with E-state index in [1.807, 2.05) is 0 Å². The van der Waals surface area contributed by atoms with E-state index < -0.39 is 0 Å². The van der Waals surface area contributed by atoms with Crippen molar-refractivity contribution in [3.05, 3.63) is 35.4 Å². The van der Waals surface area contributed by atoms with Gasteiger partial charge in [0.2, 0.25) is 0 Å². The van der Waals surface area contributed by atoms with E-state index in [0.717, 1.165) is 78.0 Å². The molecular formula is C22H36N4O3. The van der Waals surface area contributed by atoms with Crippen molar-refractivity contribution in [1.82, 2.24) is 15.5 Å². The Morgan fingerprint density at radius 2 is 2.17 bits per heavy atom. The Hall–Kier alpha value is -1.67. The molecule has 0 aromatic heterocycles. The van der Waals surface area contributed by atoms with Crippen LogP contribution in [0.2, 0.25) is 0 Å². The largest absolute Gasteiger partial charge is 0.379 e. The van der Waals surface area contributed by atoms with Crippen LogP contribution in [0.4, 0.5) is 0 Å². The lowest BCUT2D eigenvalue weighted by Gasteiger charge is -2.31. The van der Waals surface area contributed by atoms with E-state index in [0.29, 0.717) is 6.10 Å². The zero-order valence-electron chi connectivity index (χ0n) is 17.9. The second kappa shape index (κ2) is 12.1. The molecule has 2 unspecified atom stereocenters. The van der Waals surface area contributed by atoms with Crippen molar-refractivity contribution in [2.75, 3.05) is 53.1 Å². The number of aliphatic imine (C=N–C) groups is 1. The molecule has 2 saturated heterocycles. The summed E-state index contributed by atoms with van der Waals surface area (Å²) >= 11 is 0. The van der Waals surface area contributed by atoms with Gasteiger partial charge in [0.15, 0.2) is 5.96 Å². The van der Waals surface area contributed by atoms with E-state index in [-0.39, 0.29) is 6.10 Å². The first-order chi connectivity index (χ1) is 14.2. The molecule has 162 valence electrons. The van der Waals surface area contributed by atoms with E-state index in [1.165, 1.54) is 11.1 Å². The monoisotopic (exact) mass is 404 g/mol. The number of ether oxygens (including phenoxy) is 3. The van der Waals surface area contributed by atoms with Gasteiger partial charge in [-0.25, -0.2) is 0 Å². The summed E-state index contributed by atoms with van der Waals surface area (Å²) in [5, 5.41) is 6.76. The lowest BCUT2D eigenvalue weighted by molar-refractivity contribution is -0.0212. The zero-order chi connectivity index (χ0) is 20.3. The molecule has 2 aliphatic heterocycles. The molecule has 2 fully saturated rings. The molecule has 2 heterocycles. The van der Waals surface area contributed by atoms with Gasteiger partial charge in [0, 0.05) is 53.0 Å². The molecule has 0 saturated carbocycles. The lowest BCUT2D eigenvalue weighted by atomic mass is 10.1. The average molecular weight is 405 g/mol. The van der Waals surface area contributed by atoms with Gasteiger partial charge in [-0.2, -0.15) is 0 Å². The minimum atomic E-state index is 0.278. The maximum atomic E-state index is 5.79. The molecule has 0 bridgehead atoms. The number of nitrogens with one attached hydrogen (secondary N) is 2. The summed E-state index contributed by atoms with van der Waals surface area (Å²) < 4.78 is 16.7. The minimum Gasteiger partial charge on any atom is -0.379 e. The third-order valence-electron chi connectivity index (χ3n) is 5.26. The molecule has 0 amide bonds. The number of hydrogen-bond acceptors (Lipinski definition) is 5. The molecule has 1 aromatic carbocycles. The van der Waals surface area contributed by atoms with E-state index in [1.54, 1.807) is 7.05 Å². The molecule has 2 atom stereocenters. The predicted molar refractivity (Wildman–Crippen MR) is 115 cm³/mol. The molecule has 7 heteroatoms. The Morgan fingerprint density at radius 1 is 1.28 bits per heavy atom. The van der Waals surface area contributed by atoms with Gasteiger partial charge in [0.25, 0.3) is 0 Å². The molecule has 29 heavy (non-hydrogen) atoms. The van der Waals surface area contributed by atoms with Gasteiger partial charge >= 0.3 is 0 Å². The summed E-state index contributed by atoms with van der Waals surface area (Å²) in [6.45, 7) is 9.83. The first kappa shape index (κ1) is 22.0. The van der Waals surface area contributed by atoms with Gasteiger partial charge < -0.3 is 24.8 Å². The Kier molecular flexibility index (Phi) is 9.21. The number of hydrogen-bond donors (Lipinski definition) is 2. The molecule has 1 aromatic rings. The second-order valence-electron chi connectivity index (χ2n) is 7.80. The van der Waals surface area contributed by atoms with Crippen molar-refractivity contribution in [1.29, 1.82) is 0 Å². The van der Waals surface area contributed by atoms with Crippen LogP contribution in [0.15, 0.2) is 29.3 Å². The highest BCUT2D eigenvalue weighted by Crippen LogP contribution is 2.12. The summed E-state index contributed by atoms with van der Waals surface area (Å²) in [5.74, 6) is 0.821. The minimum absolute atomic E-state index is 0.278. The SMILES string of the molecule is CN=C(NCCCOC1CCOC1)NCc1cccc(CN2CCOC(C)C2)c1. The van der Waals surface area contributed by atoms with E-state index in [4.69, 9.17) is 14.2 Å². The van der Waals surface area contributed by atoms with Gasteiger partial charge in [-0.1, -0.05) is 24.3 Å². The van der Waals surface area contributed by atoms with Crippen molar-refractivity contribution < 1.29 is 14.2 Å². The van der Waals surface area contributed by atoms with Crippen molar-refractivity contribution in [2.45, 2.75) is 45.1 Å². The summed E-state index contributed by atoms with van der Waals surface area (Å²) in [6, 6.07) is 8.77. The van der Waals surface area contributed by atoms with Crippen LogP contribution >= 0.6 is 0 Å². The van der Waals surface area contributed by atoms with E-state index >= 15 is 0 Å². The maximum Gasteiger partial charge on any atom is 0.191 e. The topological polar surface area (TPSA) is 67.4 Å². The Balaban J connectivity index is 1.35. The zero-order valence-corrected chi connectivity index (χ0v) is 17.9. The van der Waals surface area contributed by atoms with E-state index in [2.05, 4.69) is 51.7 Å². The van der Waals surface area contributed by atoms with Gasteiger partial charge in [0.1, 0.15) is 0 Å². The Morgan fingerprint density at radius 3 is 2.97 bits per heavy atom. The molecule has 3 rings (SSSR count). The first-order valence-electron chi connectivity index (χ1n) is 10.8. The third-order valence-corrected chi connectivity index (χ3v) is 5.26. The molecule has 2 N–H and O–H groups in total. The van der Waals surface area contributed by atoms with Crippen molar-refractivity contribution in [2.24, 2.45) is 4.99 Å². The van der Waals surface area contributed by atoms with Crippen LogP contribution in [0.5, 0.6) is 0 Å². The summed E-state index contributed by atoms with van der Waals surface area (Å²) in [6.07, 6.45) is 2.56. The van der Waals surface area contributed by atoms with Crippen LogP contribution in [0, 0.1) is 0 Å². The highest BCUT2D eigenvalue weighted by Gasteiger charge is 2.17. The van der Waals surface area contributed by atoms with Crippen LogP contribution in [0.3, 0.4) is 0 Å². The highest BCUT2D eigenvalue weighted by atomic mass is 16.5. The van der Waals surface area contributed by atoms with Crippen molar-refractivity contribution >= 4 is 5.96 Å². The quantitative estimate of drug-likeness (QED) is 0.371. The number of benzene rings is 1. The Bertz CT molecular complexity index is 634. The van der Waals surface area contributed by atoms with Gasteiger partial charge in [-0.15, -0.1) is 0 Å². The fourth-order valence-electron chi connectivity index (χ4n) is 3.71. The normalized spacial score (nSPS) is 23.3. The van der Waals surface area contributed by atoms with E-state index in [9.17, 15) is 0 Å². The number of nitrogens with zero attached hydrogens (tertiary/aromatic N) is 2. The van der Waals surface area contributed by atoms with Gasteiger partial charge in [-0.3, -0.25) is 9.89 Å². The molecule has 0 radical (unpaired) electrons. The van der Waals surface area contributed by atoms with Crippen LogP contribution in [0.1, 0.15) is 30.9 Å². The Labute approximate surface area is 174 Å².